The lowest BCUT2D eigenvalue weighted by atomic mass is 9.98. The summed E-state index contributed by atoms with van der Waals surface area (Å²) < 4.78 is 0. The first-order valence-corrected chi connectivity index (χ1v) is 12.3. The molecule has 0 heterocycles. The number of benzene rings is 2. The molecule has 0 unspecified atom stereocenters. The van der Waals surface area contributed by atoms with E-state index in [9.17, 15) is 0 Å². The summed E-state index contributed by atoms with van der Waals surface area (Å²) in [5.41, 5.74) is 22.4. The summed E-state index contributed by atoms with van der Waals surface area (Å²) in [5.74, 6) is 0. The molecule has 7 N–H and O–H groups in total. The van der Waals surface area contributed by atoms with Crippen LogP contribution in [0.3, 0.4) is 0 Å². The molecule has 3 rings (SSSR count). The summed E-state index contributed by atoms with van der Waals surface area (Å²) in [7, 11) is 1.50. The van der Waals surface area contributed by atoms with Crippen molar-refractivity contribution in [2.24, 2.45) is 17.2 Å². The first kappa shape index (κ1) is 30.0. The number of allylic oxidation sites excluding steroid dienone is 2. The van der Waals surface area contributed by atoms with Crippen LogP contribution in [0.2, 0.25) is 5.02 Å². The van der Waals surface area contributed by atoms with Gasteiger partial charge in [-0.2, -0.15) is 0 Å². The van der Waals surface area contributed by atoms with Gasteiger partial charge in [0, 0.05) is 29.5 Å². The van der Waals surface area contributed by atoms with Crippen LogP contribution in [-0.4, -0.2) is 13.6 Å². The van der Waals surface area contributed by atoms with E-state index in [0.29, 0.717) is 6.54 Å². The minimum Gasteiger partial charge on any atom is -0.402 e. The van der Waals surface area contributed by atoms with E-state index in [1.165, 1.54) is 49.6 Å². The van der Waals surface area contributed by atoms with Gasteiger partial charge in [-0.3, -0.25) is 0 Å². The van der Waals surface area contributed by atoms with Crippen LogP contribution in [0.5, 0.6) is 0 Å². The highest BCUT2D eigenvalue weighted by molar-refractivity contribution is 6.31. The molecule has 180 valence electrons. The summed E-state index contributed by atoms with van der Waals surface area (Å²) in [4.78, 5) is 0. The molecule has 0 amide bonds. The molecule has 2 aromatic carbocycles. The maximum absolute atomic E-state index is 6.24. The van der Waals surface area contributed by atoms with E-state index in [0.717, 1.165) is 42.1 Å². The number of hydrogen-bond acceptors (Lipinski definition) is 4. The van der Waals surface area contributed by atoms with Gasteiger partial charge in [-0.25, -0.2) is 0 Å². The summed E-state index contributed by atoms with van der Waals surface area (Å²) in [6.07, 6.45) is 8.29. The molecule has 0 saturated heterocycles. The number of halogens is 1. The highest BCUT2D eigenvalue weighted by Gasteiger charge is 2.11. The first-order chi connectivity index (χ1) is 15.7. The molecule has 1 aliphatic carbocycles. The lowest BCUT2D eigenvalue weighted by molar-refractivity contribution is 0.702. The van der Waals surface area contributed by atoms with Gasteiger partial charge in [0.25, 0.3) is 0 Å². The molecule has 5 heteroatoms. The molecule has 0 aromatic heterocycles. The summed E-state index contributed by atoms with van der Waals surface area (Å²) in [5, 5.41) is 4.27. The van der Waals surface area contributed by atoms with E-state index in [-0.39, 0.29) is 0 Å². The molecule has 4 nitrogen and oxygen atoms in total. The van der Waals surface area contributed by atoms with E-state index in [1.54, 1.807) is 0 Å². The highest BCUT2D eigenvalue weighted by atomic mass is 35.5. The van der Waals surface area contributed by atoms with Gasteiger partial charge in [-0.15, -0.1) is 0 Å². The average Bonchev–Trinajstić information content (AvgIpc) is 3.06. The zero-order chi connectivity index (χ0) is 24.2. The van der Waals surface area contributed by atoms with E-state index in [2.05, 4.69) is 42.2 Å². The average molecular weight is 461 g/mol. The van der Waals surface area contributed by atoms with Crippen molar-refractivity contribution in [3.63, 3.8) is 0 Å². The van der Waals surface area contributed by atoms with Crippen molar-refractivity contribution in [2.75, 3.05) is 18.9 Å². The smallest absolute Gasteiger partial charge is 0.0450 e. The molecule has 0 bridgehead atoms. The second kappa shape index (κ2) is 19.7. The first-order valence-electron chi connectivity index (χ1n) is 11.9. The van der Waals surface area contributed by atoms with Crippen LogP contribution < -0.4 is 22.5 Å². The topological polar surface area (TPSA) is 90.1 Å². The van der Waals surface area contributed by atoms with Gasteiger partial charge >= 0.3 is 0 Å². The van der Waals surface area contributed by atoms with Crippen molar-refractivity contribution < 1.29 is 0 Å². The Kier molecular flexibility index (Phi) is 18.4. The van der Waals surface area contributed by atoms with Gasteiger partial charge in [-0.05, 0) is 74.4 Å². The molecule has 0 radical (unpaired) electrons. The van der Waals surface area contributed by atoms with Crippen molar-refractivity contribution in [1.29, 1.82) is 0 Å². The third-order valence-electron chi connectivity index (χ3n) is 5.04. The minimum absolute atomic E-state index is 0.514. The Bertz CT molecular complexity index is 759. The van der Waals surface area contributed by atoms with Gasteiger partial charge in [0.05, 0.1) is 0 Å². The lowest BCUT2D eigenvalue weighted by Crippen LogP contribution is -2.07. The van der Waals surface area contributed by atoms with E-state index in [4.69, 9.17) is 23.1 Å². The third kappa shape index (κ3) is 11.6. The van der Waals surface area contributed by atoms with Crippen LogP contribution >= 0.6 is 11.6 Å². The van der Waals surface area contributed by atoms with E-state index in [1.807, 2.05) is 38.1 Å². The third-order valence-corrected chi connectivity index (χ3v) is 5.41. The van der Waals surface area contributed by atoms with Crippen LogP contribution in [0.15, 0.2) is 59.8 Å². The van der Waals surface area contributed by atoms with Crippen LogP contribution in [0.25, 0.3) is 0 Å². The van der Waals surface area contributed by atoms with Gasteiger partial charge in [0.1, 0.15) is 0 Å². The zero-order valence-corrected chi connectivity index (χ0v) is 21.3. The zero-order valence-electron chi connectivity index (χ0n) is 20.6. The number of nitrogens with one attached hydrogen (secondary N) is 1. The Balaban J connectivity index is 0.000000619. The Morgan fingerprint density at radius 1 is 0.875 bits per heavy atom. The SMILES string of the molecule is CC.CCCNc1ccccc1CC1=C(N)CCCCC1.CN.NCc1ccccc1Cl. The van der Waals surface area contributed by atoms with Crippen LogP contribution in [0.1, 0.15) is 70.4 Å². The number of nitrogens with two attached hydrogens (primary N) is 3. The summed E-state index contributed by atoms with van der Waals surface area (Å²) in [6, 6.07) is 16.2. The molecule has 32 heavy (non-hydrogen) atoms. The van der Waals surface area contributed by atoms with Crippen LogP contribution in [0.4, 0.5) is 5.69 Å². The molecule has 0 aliphatic heterocycles. The van der Waals surface area contributed by atoms with Crippen LogP contribution in [-0.2, 0) is 13.0 Å². The Morgan fingerprint density at radius 2 is 1.47 bits per heavy atom. The highest BCUT2D eigenvalue weighted by Crippen LogP contribution is 2.26. The predicted octanol–water partition coefficient (Wildman–Crippen LogP) is 6.63. The fourth-order valence-electron chi connectivity index (χ4n) is 3.37. The number of hydrogen-bond donors (Lipinski definition) is 4. The van der Waals surface area contributed by atoms with Gasteiger partial charge < -0.3 is 22.5 Å². The second-order valence-electron chi connectivity index (χ2n) is 7.25. The maximum atomic E-state index is 6.24. The number of para-hydroxylation sites is 1. The Hall–Kier alpha value is -2.01. The molecule has 0 saturated carbocycles. The van der Waals surface area contributed by atoms with Crippen molar-refractivity contribution in [3.8, 4) is 0 Å². The lowest BCUT2D eigenvalue weighted by Gasteiger charge is -2.14. The monoisotopic (exact) mass is 460 g/mol. The standard InChI is InChI=1S/C17H26N2.C7H8ClN.C2H6.CH5N/c1-2-12-19-17-11-7-6-9-15(17)13-14-8-4-3-5-10-16(14)18;8-7-4-2-1-3-6(7)5-9;2*1-2/h6-7,9,11,19H,2-5,8,10,12-13,18H2,1H3;1-4H,5,9H2;1-2H3;2H2,1H3. The fraction of sp³-hybridized carbons (Fsp3) is 0.481. The van der Waals surface area contributed by atoms with Gasteiger partial charge in [0.15, 0.2) is 0 Å². The fourth-order valence-corrected chi connectivity index (χ4v) is 3.58. The predicted molar refractivity (Wildman–Crippen MR) is 144 cm³/mol. The number of rotatable bonds is 6. The maximum Gasteiger partial charge on any atom is 0.0450 e. The van der Waals surface area contributed by atoms with E-state index >= 15 is 0 Å². The summed E-state index contributed by atoms with van der Waals surface area (Å²) in [6.45, 7) is 7.74. The molecule has 0 spiro atoms. The van der Waals surface area contributed by atoms with Crippen LogP contribution in [0, 0.1) is 0 Å². The molecule has 1 aliphatic rings. The number of anilines is 1. The molecule has 0 fully saturated rings. The van der Waals surface area contributed by atoms with Gasteiger partial charge in [-0.1, -0.05) is 75.2 Å². The van der Waals surface area contributed by atoms with Crippen molar-refractivity contribution in [3.05, 3.63) is 76.0 Å². The normalized spacial score (nSPS) is 12.7. The quantitative estimate of drug-likeness (QED) is 0.389. The van der Waals surface area contributed by atoms with Crippen molar-refractivity contribution in [2.45, 2.75) is 72.3 Å². The molecular weight excluding hydrogens is 416 g/mol. The van der Waals surface area contributed by atoms with Crippen molar-refractivity contribution in [1.82, 2.24) is 0 Å². The molecule has 0 atom stereocenters. The van der Waals surface area contributed by atoms with Gasteiger partial charge in [0.2, 0.25) is 0 Å². The van der Waals surface area contributed by atoms with E-state index < -0.39 is 0 Å². The largest absolute Gasteiger partial charge is 0.402 e. The summed E-state index contributed by atoms with van der Waals surface area (Å²) >= 11 is 5.74. The van der Waals surface area contributed by atoms with Crippen molar-refractivity contribution >= 4 is 17.3 Å². The Labute approximate surface area is 201 Å². The Morgan fingerprint density at radius 3 is 2.06 bits per heavy atom. The minimum atomic E-state index is 0.514. The molecular formula is C27H45ClN4. The second-order valence-corrected chi connectivity index (χ2v) is 7.65. The molecule has 2 aromatic rings.